The highest BCUT2D eigenvalue weighted by Crippen LogP contribution is 2.13. The molecule has 0 spiro atoms. The summed E-state index contributed by atoms with van der Waals surface area (Å²) in [6.45, 7) is 2.26. The van der Waals surface area contributed by atoms with E-state index in [0.717, 1.165) is 12.8 Å². The monoisotopic (exact) mass is 374 g/mol. The zero-order chi connectivity index (χ0) is 19.3. The molecule has 0 aliphatic heterocycles. The van der Waals surface area contributed by atoms with Crippen LogP contribution in [0.5, 0.6) is 0 Å². The van der Waals surface area contributed by atoms with E-state index in [9.17, 15) is 9.59 Å². The van der Waals surface area contributed by atoms with Crippen molar-refractivity contribution in [2.24, 2.45) is 0 Å². The highest BCUT2D eigenvalue weighted by molar-refractivity contribution is 5.93. The topological polar surface area (TPSA) is 91.5 Å². The number of ketones is 1. The number of Topliss-reactive ketones (excluding diaryl/α,β-unsaturated/α-hetero) is 1. The summed E-state index contributed by atoms with van der Waals surface area (Å²) < 4.78 is 0. The van der Waals surface area contributed by atoms with E-state index >= 15 is 0 Å². The van der Waals surface area contributed by atoms with E-state index in [1.54, 1.807) is 0 Å². The maximum atomic E-state index is 12.2. The Balaban J connectivity index is 1.49. The second-order valence-corrected chi connectivity index (χ2v) is 7.43. The van der Waals surface area contributed by atoms with Crippen molar-refractivity contribution in [2.45, 2.75) is 96.8 Å². The molecule has 27 heavy (non-hydrogen) atoms. The first-order chi connectivity index (χ1) is 13.2. The lowest BCUT2D eigenvalue weighted by Crippen LogP contribution is -2.16. The van der Waals surface area contributed by atoms with E-state index in [0.29, 0.717) is 17.6 Å². The van der Waals surface area contributed by atoms with Gasteiger partial charge >= 0.3 is 0 Å². The Morgan fingerprint density at radius 2 is 1.44 bits per heavy atom. The van der Waals surface area contributed by atoms with Crippen molar-refractivity contribution in [3.8, 4) is 0 Å². The molecule has 0 aromatic carbocycles. The number of carbonyl (C=O) groups is 1. The molecule has 0 fully saturated rings. The van der Waals surface area contributed by atoms with Gasteiger partial charge in [-0.3, -0.25) is 9.59 Å². The van der Waals surface area contributed by atoms with Crippen molar-refractivity contribution in [2.75, 3.05) is 0 Å². The van der Waals surface area contributed by atoms with Crippen LogP contribution in [0.2, 0.25) is 0 Å². The maximum Gasteiger partial charge on any atom is 0.277 e. The number of H-pyrrole nitrogens is 2. The number of rotatable bonds is 15. The lowest BCUT2D eigenvalue weighted by molar-refractivity contribution is 0.0969. The van der Waals surface area contributed by atoms with E-state index < -0.39 is 0 Å². The molecule has 0 aliphatic rings. The number of nitrogens with zero attached hydrogens (tertiary/aromatic N) is 2. The fraction of sp³-hybridized carbons (Fsp3) is 0.714. The van der Waals surface area contributed by atoms with Crippen LogP contribution in [-0.2, 0) is 0 Å². The van der Waals surface area contributed by atoms with E-state index in [4.69, 9.17) is 0 Å². The van der Waals surface area contributed by atoms with Gasteiger partial charge in [-0.1, -0.05) is 84.0 Å². The lowest BCUT2D eigenvalue weighted by Gasteiger charge is -2.03. The average molecular weight is 375 g/mol. The van der Waals surface area contributed by atoms with Crippen LogP contribution >= 0.6 is 0 Å². The van der Waals surface area contributed by atoms with E-state index in [2.05, 4.69) is 26.9 Å². The first-order valence-corrected chi connectivity index (χ1v) is 10.7. The van der Waals surface area contributed by atoms with Crippen LogP contribution in [0.1, 0.15) is 107 Å². The van der Waals surface area contributed by atoms with Gasteiger partial charge in [-0.25, -0.2) is 9.97 Å². The Hall–Kier alpha value is -1.98. The minimum atomic E-state index is -0.341. The van der Waals surface area contributed by atoms with Gasteiger partial charge in [-0.2, -0.15) is 0 Å². The number of unbranched alkanes of at least 4 members (excludes halogenated alkanes) is 12. The van der Waals surface area contributed by atoms with Gasteiger partial charge in [0.15, 0.2) is 22.8 Å². The minimum Gasteiger partial charge on any atom is -0.339 e. The number of fused-ring (bicyclic) bond motifs is 1. The van der Waals surface area contributed by atoms with Crippen molar-refractivity contribution < 1.29 is 4.79 Å². The molecular weight excluding hydrogens is 340 g/mol. The van der Waals surface area contributed by atoms with Crippen molar-refractivity contribution in [3.05, 3.63) is 22.5 Å². The molecule has 0 saturated carbocycles. The fourth-order valence-corrected chi connectivity index (χ4v) is 3.40. The number of hydrogen-bond acceptors (Lipinski definition) is 4. The molecule has 0 saturated heterocycles. The smallest absolute Gasteiger partial charge is 0.277 e. The SMILES string of the molecule is CCCCCCCCCCCCCCCC(=O)c1nc2nc[nH]c2c(=O)[nH]1. The molecule has 2 aromatic rings. The zero-order valence-electron chi connectivity index (χ0n) is 16.7. The van der Waals surface area contributed by atoms with Gasteiger partial charge in [0.25, 0.3) is 5.56 Å². The van der Waals surface area contributed by atoms with Gasteiger partial charge in [0.05, 0.1) is 6.33 Å². The summed E-state index contributed by atoms with van der Waals surface area (Å²) in [6, 6.07) is 0. The van der Waals surface area contributed by atoms with Gasteiger partial charge in [-0.05, 0) is 6.42 Å². The molecule has 0 amide bonds. The third-order valence-electron chi connectivity index (χ3n) is 5.07. The first kappa shape index (κ1) is 21.3. The molecule has 2 heterocycles. The summed E-state index contributed by atoms with van der Waals surface area (Å²) in [4.78, 5) is 37.4. The molecule has 6 heteroatoms. The van der Waals surface area contributed by atoms with Crippen molar-refractivity contribution in [3.63, 3.8) is 0 Å². The largest absolute Gasteiger partial charge is 0.339 e. The molecule has 150 valence electrons. The number of imidazole rings is 1. The molecular formula is C21H34N4O2. The van der Waals surface area contributed by atoms with Gasteiger partial charge in [0, 0.05) is 6.42 Å². The van der Waals surface area contributed by atoms with Crippen LogP contribution in [0.25, 0.3) is 11.2 Å². The fourth-order valence-electron chi connectivity index (χ4n) is 3.40. The number of hydrogen-bond donors (Lipinski definition) is 2. The summed E-state index contributed by atoms with van der Waals surface area (Å²) in [7, 11) is 0. The predicted molar refractivity (Wildman–Crippen MR) is 109 cm³/mol. The second-order valence-electron chi connectivity index (χ2n) is 7.43. The van der Waals surface area contributed by atoms with Crippen LogP contribution in [0.4, 0.5) is 0 Å². The third-order valence-corrected chi connectivity index (χ3v) is 5.07. The standard InChI is InChI=1S/C21H34N4O2/c1-2-3-4-5-6-7-8-9-10-11-12-13-14-15-17(26)19-24-20-18(21(27)25-19)22-16-23-20/h16H,2-15H2,1H3,(H2,22,23,24,25,27). The number of aromatic nitrogens is 4. The van der Waals surface area contributed by atoms with Crippen molar-refractivity contribution in [1.29, 1.82) is 0 Å². The molecule has 2 aromatic heterocycles. The Morgan fingerprint density at radius 1 is 0.889 bits per heavy atom. The summed E-state index contributed by atoms with van der Waals surface area (Å²) in [6.07, 6.45) is 18.4. The Morgan fingerprint density at radius 3 is 2.04 bits per heavy atom. The third kappa shape index (κ3) is 7.65. The summed E-state index contributed by atoms with van der Waals surface area (Å²) in [5.41, 5.74) is 0.270. The Labute approximate surface area is 161 Å². The van der Waals surface area contributed by atoms with Gasteiger partial charge < -0.3 is 9.97 Å². The highest BCUT2D eigenvalue weighted by Gasteiger charge is 2.12. The Kier molecular flexibility index (Phi) is 9.80. The number of carbonyl (C=O) groups excluding carboxylic acids is 1. The molecule has 0 radical (unpaired) electrons. The molecule has 0 aliphatic carbocycles. The maximum absolute atomic E-state index is 12.2. The molecule has 6 nitrogen and oxygen atoms in total. The number of aromatic amines is 2. The molecule has 0 unspecified atom stereocenters. The zero-order valence-corrected chi connectivity index (χ0v) is 16.7. The number of nitrogens with one attached hydrogen (secondary N) is 2. The quantitative estimate of drug-likeness (QED) is 0.326. The second kappa shape index (κ2) is 12.4. The summed E-state index contributed by atoms with van der Waals surface area (Å²) in [5.74, 6) is 0.0126. The Bertz CT molecular complexity index is 735. The molecule has 2 N–H and O–H groups in total. The summed E-state index contributed by atoms with van der Waals surface area (Å²) in [5, 5.41) is 0. The summed E-state index contributed by atoms with van der Waals surface area (Å²) >= 11 is 0. The highest BCUT2D eigenvalue weighted by atomic mass is 16.1. The predicted octanol–water partition coefficient (Wildman–Crippen LogP) is 5.31. The van der Waals surface area contributed by atoms with Gasteiger partial charge in [0.2, 0.25) is 0 Å². The first-order valence-electron chi connectivity index (χ1n) is 10.7. The van der Waals surface area contributed by atoms with E-state index in [-0.39, 0.29) is 17.2 Å². The van der Waals surface area contributed by atoms with Crippen LogP contribution < -0.4 is 5.56 Å². The van der Waals surface area contributed by atoms with E-state index in [1.165, 1.54) is 77.0 Å². The van der Waals surface area contributed by atoms with Crippen LogP contribution in [0, 0.1) is 0 Å². The van der Waals surface area contributed by atoms with Crippen LogP contribution in [0.15, 0.2) is 11.1 Å². The molecule has 0 atom stereocenters. The van der Waals surface area contributed by atoms with Crippen molar-refractivity contribution in [1.82, 2.24) is 19.9 Å². The van der Waals surface area contributed by atoms with Crippen molar-refractivity contribution >= 4 is 16.9 Å². The van der Waals surface area contributed by atoms with Gasteiger partial charge in [-0.15, -0.1) is 0 Å². The normalized spacial score (nSPS) is 11.3. The lowest BCUT2D eigenvalue weighted by atomic mass is 10.0. The van der Waals surface area contributed by atoms with Gasteiger partial charge in [0.1, 0.15) is 0 Å². The van der Waals surface area contributed by atoms with Crippen LogP contribution in [0.3, 0.4) is 0 Å². The molecule has 0 bridgehead atoms. The minimum absolute atomic E-state index is 0.111. The average Bonchev–Trinajstić information content (AvgIpc) is 3.14. The van der Waals surface area contributed by atoms with Crippen LogP contribution in [-0.4, -0.2) is 25.7 Å². The van der Waals surface area contributed by atoms with E-state index in [1.807, 2.05) is 0 Å². The molecule has 2 rings (SSSR count).